The van der Waals surface area contributed by atoms with E-state index in [0.29, 0.717) is 17.6 Å². The van der Waals surface area contributed by atoms with Gasteiger partial charge in [0, 0.05) is 30.2 Å². The average molecular weight is 348 g/mol. The van der Waals surface area contributed by atoms with Crippen molar-refractivity contribution in [2.45, 2.75) is 25.1 Å². The molecule has 0 spiro atoms. The summed E-state index contributed by atoms with van der Waals surface area (Å²) < 4.78 is 14.7. The van der Waals surface area contributed by atoms with E-state index in [1.54, 1.807) is 29.1 Å². The topological polar surface area (TPSA) is 50.2 Å². The maximum atomic E-state index is 13.0. The number of nitrogens with zero attached hydrogens (tertiary/aromatic N) is 3. The molecule has 5 nitrogen and oxygen atoms in total. The second-order valence-corrected chi connectivity index (χ2v) is 7.43. The molecule has 2 amide bonds. The molecule has 1 aromatic heterocycles. The normalized spacial score (nSPS) is 18.2. The standard InChI is InChI=1S/C17H21FN4OS/c1-13-7-9-21(10-11-24-13)17(23)20-16-6-8-19-22(16)12-14-2-4-15(18)5-3-14/h2-6,8,13H,7,9-12H2,1H3,(H,20,23)/t13-/m0/s1. The second-order valence-electron chi connectivity index (χ2n) is 5.89. The van der Waals surface area contributed by atoms with E-state index in [0.717, 1.165) is 30.8 Å². The van der Waals surface area contributed by atoms with Gasteiger partial charge in [-0.1, -0.05) is 19.1 Å². The van der Waals surface area contributed by atoms with E-state index in [2.05, 4.69) is 17.3 Å². The molecule has 2 aromatic rings. The van der Waals surface area contributed by atoms with E-state index in [9.17, 15) is 9.18 Å². The fourth-order valence-corrected chi connectivity index (χ4v) is 3.62. The summed E-state index contributed by atoms with van der Waals surface area (Å²) >= 11 is 1.90. The SMILES string of the molecule is C[C@H]1CCN(C(=O)Nc2ccnn2Cc2ccc(F)cc2)CCS1. The maximum Gasteiger partial charge on any atom is 0.323 e. The molecule has 1 aliphatic rings. The quantitative estimate of drug-likeness (QED) is 0.924. The van der Waals surface area contributed by atoms with Gasteiger partial charge in [0.1, 0.15) is 11.6 Å². The van der Waals surface area contributed by atoms with Crippen molar-refractivity contribution in [2.75, 3.05) is 24.2 Å². The van der Waals surface area contributed by atoms with Crippen LogP contribution in [0.3, 0.4) is 0 Å². The number of hydrogen-bond donors (Lipinski definition) is 1. The van der Waals surface area contributed by atoms with Crippen LogP contribution in [0.4, 0.5) is 15.0 Å². The Hall–Kier alpha value is -2.02. The molecule has 7 heteroatoms. The number of benzene rings is 1. The maximum absolute atomic E-state index is 13.0. The van der Waals surface area contributed by atoms with Gasteiger partial charge < -0.3 is 4.90 Å². The zero-order valence-electron chi connectivity index (χ0n) is 13.6. The van der Waals surface area contributed by atoms with Crippen molar-refractivity contribution >= 4 is 23.6 Å². The average Bonchev–Trinajstić information content (AvgIpc) is 2.86. The number of amides is 2. The number of nitrogens with one attached hydrogen (secondary N) is 1. The zero-order chi connectivity index (χ0) is 16.9. The lowest BCUT2D eigenvalue weighted by Gasteiger charge is -2.21. The fraction of sp³-hybridized carbons (Fsp3) is 0.412. The van der Waals surface area contributed by atoms with E-state index in [-0.39, 0.29) is 11.8 Å². The highest BCUT2D eigenvalue weighted by Gasteiger charge is 2.19. The summed E-state index contributed by atoms with van der Waals surface area (Å²) in [7, 11) is 0. The minimum Gasteiger partial charge on any atom is -0.324 e. The molecule has 3 rings (SSSR count). The molecule has 2 heterocycles. The van der Waals surface area contributed by atoms with Gasteiger partial charge in [-0.2, -0.15) is 16.9 Å². The molecular formula is C17H21FN4OS. The third-order valence-electron chi connectivity index (χ3n) is 4.05. The number of anilines is 1. The number of carbonyl (C=O) groups excluding carboxylic acids is 1. The molecule has 0 saturated carbocycles. The first-order valence-electron chi connectivity index (χ1n) is 8.05. The van der Waals surface area contributed by atoms with Gasteiger partial charge >= 0.3 is 6.03 Å². The molecule has 24 heavy (non-hydrogen) atoms. The molecule has 1 fully saturated rings. The van der Waals surface area contributed by atoms with Crippen LogP contribution in [0.5, 0.6) is 0 Å². The third-order valence-corrected chi connectivity index (χ3v) is 5.28. The van der Waals surface area contributed by atoms with E-state index < -0.39 is 0 Å². The Labute approximate surface area is 145 Å². The van der Waals surface area contributed by atoms with Crippen LogP contribution in [0, 0.1) is 5.82 Å². The number of carbonyl (C=O) groups is 1. The fourth-order valence-electron chi connectivity index (χ4n) is 2.62. The first-order chi connectivity index (χ1) is 11.6. The van der Waals surface area contributed by atoms with Crippen molar-refractivity contribution in [3.05, 3.63) is 47.9 Å². The van der Waals surface area contributed by atoms with Crippen molar-refractivity contribution in [3.8, 4) is 0 Å². The Morgan fingerprint density at radius 3 is 2.92 bits per heavy atom. The number of halogens is 1. The highest BCUT2D eigenvalue weighted by atomic mass is 32.2. The van der Waals surface area contributed by atoms with Gasteiger partial charge in [0.2, 0.25) is 0 Å². The number of aromatic nitrogens is 2. The van der Waals surface area contributed by atoms with Gasteiger partial charge in [-0.15, -0.1) is 0 Å². The number of urea groups is 1. The molecule has 1 N–H and O–H groups in total. The van der Waals surface area contributed by atoms with Gasteiger partial charge in [0.25, 0.3) is 0 Å². The van der Waals surface area contributed by atoms with Crippen molar-refractivity contribution in [1.29, 1.82) is 0 Å². The summed E-state index contributed by atoms with van der Waals surface area (Å²) in [5.41, 5.74) is 0.926. The van der Waals surface area contributed by atoms with Crippen molar-refractivity contribution < 1.29 is 9.18 Å². The lowest BCUT2D eigenvalue weighted by molar-refractivity contribution is 0.215. The summed E-state index contributed by atoms with van der Waals surface area (Å²) in [6, 6.07) is 7.97. The van der Waals surface area contributed by atoms with Crippen LogP contribution in [0.2, 0.25) is 0 Å². The van der Waals surface area contributed by atoms with Crippen molar-refractivity contribution in [1.82, 2.24) is 14.7 Å². The summed E-state index contributed by atoms with van der Waals surface area (Å²) in [6.07, 6.45) is 2.66. The Balaban J connectivity index is 1.64. The zero-order valence-corrected chi connectivity index (χ0v) is 14.4. The summed E-state index contributed by atoms with van der Waals surface area (Å²) in [5.74, 6) is 1.35. The predicted molar refractivity (Wildman–Crippen MR) is 94.9 cm³/mol. The predicted octanol–water partition coefficient (Wildman–Crippen LogP) is 3.43. The largest absolute Gasteiger partial charge is 0.324 e. The van der Waals surface area contributed by atoms with Gasteiger partial charge in [0.05, 0.1) is 12.7 Å². The molecule has 1 atom stereocenters. The summed E-state index contributed by atoms with van der Waals surface area (Å²) in [4.78, 5) is 14.3. The van der Waals surface area contributed by atoms with E-state index in [1.165, 1.54) is 12.1 Å². The highest BCUT2D eigenvalue weighted by molar-refractivity contribution is 7.99. The molecular weight excluding hydrogens is 327 g/mol. The van der Waals surface area contributed by atoms with Crippen LogP contribution in [-0.2, 0) is 6.54 Å². The third kappa shape index (κ3) is 4.29. The minimum atomic E-state index is -0.263. The monoisotopic (exact) mass is 348 g/mol. The van der Waals surface area contributed by atoms with E-state index in [4.69, 9.17) is 0 Å². The van der Waals surface area contributed by atoms with E-state index in [1.807, 2.05) is 16.7 Å². The molecule has 0 radical (unpaired) electrons. The Morgan fingerprint density at radius 1 is 1.33 bits per heavy atom. The van der Waals surface area contributed by atoms with Crippen LogP contribution in [0.15, 0.2) is 36.5 Å². The summed E-state index contributed by atoms with van der Waals surface area (Å²) in [5, 5.41) is 7.78. The Morgan fingerprint density at radius 2 is 2.12 bits per heavy atom. The molecule has 0 bridgehead atoms. The van der Waals surface area contributed by atoms with Crippen LogP contribution in [0.1, 0.15) is 18.9 Å². The van der Waals surface area contributed by atoms with Gasteiger partial charge in [-0.25, -0.2) is 13.9 Å². The van der Waals surface area contributed by atoms with Crippen LogP contribution in [0.25, 0.3) is 0 Å². The van der Waals surface area contributed by atoms with Crippen LogP contribution < -0.4 is 5.32 Å². The summed E-state index contributed by atoms with van der Waals surface area (Å²) in [6.45, 7) is 4.21. The molecule has 1 aliphatic heterocycles. The molecule has 128 valence electrons. The van der Waals surface area contributed by atoms with Gasteiger partial charge in [-0.3, -0.25) is 5.32 Å². The van der Waals surface area contributed by atoms with E-state index >= 15 is 0 Å². The van der Waals surface area contributed by atoms with Crippen molar-refractivity contribution in [2.24, 2.45) is 0 Å². The minimum absolute atomic E-state index is 0.0921. The highest BCUT2D eigenvalue weighted by Crippen LogP contribution is 2.19. The van der Waals surface area contributed by atoms with Crippen LogP contribution in [-0.4, -0.2) is 44.8 Å². The molecule has 0 aliphatic carbocycles. The van der Waals surface area contributed by atoms with Crippen molar-refractivity contribution in [3.63, 3.8) is 0 Å². The van der Waals surface area contributed by atoms with Crippen LogP contribution >= 0.6 is 11.8 Å². The molecule has 1 aromatic carbocycles. The number of rotatable bonds is 3. The Kier molecular flexibility index (Phi) is 5.40. The smallest absolute Gasteiger partial charge is 0.323 e. The Bertz CT molecular complexity index is 688. The molecule has 0 unspecified atom stereocenters. The molecule has 1 saturated heterocycles. The van der Waals surface area contributed by atoms with Gasteiger partial charge in [-0.05, 0) is 24.1 Å². The number of hydrogen-bond acceptors (Lipinski definition) is 3. The number of thioether (sulfide) groups is 1. The van der Waals surface area contributed by atoms with Gasteiger partial charge in [0.15, 0.2) is 0 Å². The lowest BCUT2D eigenvalue weighted by atomic mass is 10.2. The lowest BCUT2D eigenvalue weighted by Crippen LogP contribution is -2.37. The first-order valence-corrected chi connectivity index (χ1v) is 9.10. The second kappa shape index (κ2) is 7.70. The first kappa shape index (κ1) is 16.8.